The lowest BCUT2D eigenvalue weighted by Gasteiger charge is -2.11. The lowest BCUT2D eigenvalue weighted by molar-refractivity contribution is -0.145. The SMILES string of the molecule is CCOC(=O)COc1ccc(C(S)=C(S)c2ccc(C(F)(F)F)cc2)cc1. The molecule has 8 heteroatoms. The molecule has 3 nitrogen and oxygen atoms in total. The first kappa shape index (κ1) is 21.2. The molecule has 0 radical (unpaired) electrons. The number of benzene rings is 2. The fraction of sp³-hybridized carbons (Fsp3) is 0.211. The van der Waals surface area contributed by atoms with Gasteiger partial charge in [-0.3, -0.25) is 0 Å². The topological polar surface area (TPSA) is 35.5 Å². The van der Waals surface area contributed by atoms with Gasteiger partial charge in [0.1, 0.15) is 5.75 Å². The van der Waals surface area contributed by atoms with Gasteiger partial charge in [0.2, 0.25) is 0 Å². The number of hydrogen-bond donors (Lipinski definition) is 2. The molecular weight excluding hydrogens is 397 g/mol. The molecule has 0 atom stereocenters. The zero-order valence-corrected chi connectivity index (χ0v) is 16.1. The van der Waals surface area contributed by atoms with Crippen LogP contribution in [0.5, 0.6) is 5.75 Å². The lowest BCUT2D eigenvalue weighted by Crippen LogP contribution is -2.14. The summed E-state index contributed by atoms with van der Waals surface area (Å²) in [6.45, 7) is 1.79. The van der Waals surface area contributed by atoms with Crippen molar-refractivity contribution in [2.75, 3.05) is 13.2 Å². The van der Waals surface area contributed by atoms with E-state index < -0.39 is 17.7 Å². The Bertz CT molecular complexity index is 814. The molecule has 0 saturated carbocycles. The van der Waals surface area contributed by atoms with Crippen LogP contribution >= 0.6 is 25.3 Å². The summed E-state index contributed by atoms with van der Waals surface area (Å²) in [7, 11) is 0. The highest BCUT2D eigenvalue weighted by Crippen LogP contribution is 2.35. The van der Waals surface area contributed by atoms with E-state index in [1.807, 2.05) is 0 Å². The normalized spacial score (nSPS) is 12.4. The number of carbonyl (C=O) groups excluding carboxylic acids is 1. The average Bonchev–Trinajstić information content (AvgIpc) is 2.65. The van der Waals surface area contributed by atoms with Gasteiger partial charge in [-0.1, -0.05) is 24.3 Å². The minimum absolute atomic E-state index is 0.194. The van der Waals surface area contributed by atoms with Crippen molar-refractivity contribution in [3.63, 3.8) is 0 Å². The number of rotatable bonds is 6. The van der Waals surface area contributed by atoms with Crippen LogP contribution < -0.4 is 4.74 Å². The predicted octanol–water partition coefficient (Wildman–Crippen LogP) is 5.33. The minimum Gasteiger partial charge on any atom is -0.482 e. The van der Waals surface area contributed by atoms with E-state index in [9.17, 15) is 18.0 Å². The van der Waals surface area contributed by atoms with Crippen LogP contribution in [0.3, 0.4) is 0 Å². The molecule has 0 unspecified atom stereocenters. The predicted molar refractivity (Wildman–Crippen MR) is 105 cm³/mol. The lowest BCUT2D eigenvalue weighted by atomic mass is 10.1. The van der Waals surface area contributed by atoms with Gasteiger partial charge in [-0.05, 0) is 42.3 Å². The van der Waals surface area contributed by atoms with Gasteiger partial charge < -0.3 is 9.47 Å². The molecule has 0 saturated heterocycles. The Kier molecular flexibility index (Phi) is 7.26. The fourth-order valence-corrected chi connectivity index (χ4v) is 2.70. The Morgan fingerprint density at radius 1 is 0.926 bits per heavy atom. The molecule has 0 aliphatic carbocycles. The van der Waals surface area contributed by atoms with E-state index in [-0.39, 0.29) is 13.2 Å². The smallest absolute Gasteiger partial charge is 0.416 e. The van der Waals surface area contributed by atoms with Gasteiger partial charge in [0, 0.05) is 9.81 Å². The molecule has 27 heavy (non-hydrogen) atoms. The van der Waals surface area contributed by atoms with Crippen LogP contribution in [0.25, 0.3) is 9.81 Å². The number of carbonyl (C=O) groups is 1. The number of alkyl halides is 3. The monoisotopic (exact) mass is 414 g/mol. The van der Waals surface area contributed by atoms with Gasteiger partial charge in [0.05, 0.1) is 12.2 Å². The van der Waals surface area contributed by atoms with Crippen LogP contribution in [0.4, 0.5) is 13.2 Å². The maximum absolute atomic E-state index is 12.7. The fourth-order valence-electron chi connectivity index (χ4n) is 2.14. The molecule has 0 aliphatic rings. The molecule has 2 aromatic rings. The standard InChI is InChI=1S/C19H17F3O3S2/c1-2-24-16(23)11-25-15-9-5-13(6-10-15)18(27)17(26)12-3-7-14(8-4-12)19(20,21)22/h3-10,26-27H,2,11H2,1H3. The molecule has 0 amide bonds. The summed E-state index contributed by atoms with van der Waals surface area (Å²) in [6.07, 6.45) is -4.39. The summed E-state index contributed by atoms with van der Waals surface area (Å²) < 4.78 is 48.0. The summed E-state index contributed by atoms with van der Waals surface area (Å²) in [6, 6.07) is 11.4. The third-order valence-electron chi connectivity index (χ3n) is 3.50. The zero-order chi connectivity index (χ0) is 20.0. The highest BCUT2D eigenvalue weighted by Gasteiger charge is 2.30. The third-order valence-corrected chi connectivity index (χ3v) is 4.64. The van der Waals surface area contributed by atoms with Gasteiger partial charge in [-0.2, -0.15) is 13.2 Å². The Labute approximate surface area is 166 Å². The highest BCUT2D eigenvalue weighted by molar-refractivity contribution is 7.96. The summed E-state index contributed by atoms with van der Waals surface area (Å²) in [4.78, 5) is 12.2. The molecule has 0 bridgehead atoms. The van der Waals surface area contributed by atoms with E-state index in [0.29, 0.717) is 26.7 Å². The number of ether oxygens (including phenoxy) is 2. The van der Waals surface area contributed by atoms with Crippen molar-refractivity contribution in [2.24, 2.45) is 0 Å². The van der Waals surface area contributed by atoms with Gasteiger partial charge in [0.25, 0.3) is 0 Å². The van der Waals surface area contributed by atoms with Crippen molar-refractivity contribution in [1.29, 1.82) is 0 Å². The van der Waals surface area contributed by atoms with Gasteiger partial charge >= 0.3 is 12.1 Å². The summed E-state index contributed by atoms with van der Waals surface area (Å²) in [5, 5.41) is 0. The van der Waals surface area contributed by atoms with Crippen LogP contribution in [-0.2, 0) is 15.7 Å². The first-order valence-electron chi connectivity index (χ1n) is 7.91. The summed E-state index contributed by atoms with van der Waals surface area (Å²) >= 11 is 8.80. The maximum Gasteiger partial charge on any atom is 0.416 e. The third kappa shape index (κ3) is 5.97. The Morgan fingerprint density at radius 3 is 1.85 bits per heavy atom. The van der Waals surface area contributed by atoms with E-state index in [2.05, 4.69) is 25.3 Å². The second-order valence-electron chi connectivity index (χ2n) is 5.39. The molecule has 0 heterocycles. The van der Waals surface area contributed by atoms with Crippen LogP contribution in [0.2, 0.25) is 0 Å². The molecule has 2 aromatic carbocycles. The molecule has 0 N–H and O–H groups in total. The molecule has 0 aliphatic heterocycles. The largest absolute Gasteiger partial charge is 0.482 e. The molecule has 0 spiro atoms. The van der Waals surface area contributed by atoms with Crippen molar-refractivity contribution in [1.82, 2.24) is 0 Å². The highest BCUT2D eigenvalue weighted by atomic mass is 32.1. The van der Waals surface area contributed by atoms with Gasteiger partial charge in [-0.25, -0.2) is 4.79 Å². The molecule has 2 rings (SSSR count). The van der Waals surface area contributed by atoms with Crippen molar-refractivity contribution < 1.29 is 27.4 Å². The van der Waals surface area contributed by atoms with E-state index >= 15 is 0 Å². The number of hydrogen-bond acceptors (Lipinski definition) is 5. The number of thiol groups is 2. The molecule has 0 aromatic heterocycles. The Balaban J connectivity index is 2.13. The second-order valence-corrected chi connectivity index (χ2v) is 6.28. The van der Waals surface area contributed by atoms with Crippen molar-refractivity contribution >= 4 is 41.0 Å². The second kappa shape index (κ2) is 9.23. The van der Waals surface area contributed by atoms with Crippen molar-refractivity contribution in [3.8, 4) is 5.75 Å². The van der Waals surface area contributed by atoms with E-state index in [1.54, 1.807) is 31.2 Å². The van der Waals surface area contributed by atoms with Crippen LogP contribution in [0.15, 0.2) is 48.5 Å². The maximum atomic E-state index is 12.7. The first-order chi connectivity index (χ1) is 12.7. The van der Waals surface area contributed by atoms with Crippen LogP contribution in [-0.4, -0.2) is 19.2 Å². The van der Waals surface area contributed by atoms with Gasteiger partial charge in [0.15, 0.2) is 6.61 Å². The Morgan fingerprint density at radius 2 is 1.41 bits per heavy atom. The Hall–Kier alpha value is -2.06. The van der Waals surface area contributed by atoms with Crippen molar-refractivity contribution in [3.05, 3.63) is 65.2 Å². The quantitative estimate of drug-likeness (QED) is 0.381. The van der Waals surface area contributed by atoms with E-state index in [4.69, 9.17) is 9.47 Å². The minimum atomic E-state index is -4.39. The number of esters is 1. The zero-order valence-electron chi connectivity index (χ0n) is 14.3. The molecule has 144 valence electrons. The summed E-state index contributed by atoms with van der Waals surface area (Å²) in [5.74, 6) is 0.0134. The molecule has 0 fully saturated rings. The van der Waals surface area contributed by atoms with E-state index in [0.717, 1.165) is 12.1 Å². The van der Waals surface area contributed by atoms with E-state index in [1.165, 1.54) is 12.1 Å². The summed E-state index contributed by atoms with van der Waals surface area (Å²) in [5.41, 5.74) is 0.488. The first-order valence-corrected chi connectivity index (χ1v) is 8.80. The average molecular weight is 414 g/mol. The van der Waals surface area contributed by atoms with Crippen LogP contribution in [0, 0.1) is 0 Å². The molecular formula is C19H17F3O3S2. The number of halogens is 3. The van der Waals surface area contributed by atoms with Crippen molar-refractivity contribution in [2.45, 2.75) is 13.1 Å². The van der Waals surface area contributed by atoms with Gasteiger partial charge in [-0.15, -0.1) is 25.3 Å². The van der Waals surface area contributed by atoms with Crippen LogP contribution in [0.1, 0.15) is 23.6 Å².